The number of carbonyl (C=O) groups is 2. The molecule has 0 aliphatic rings. The minimum Gasteiger partial charge on any atom is -0.480 e. The standard InChI is InChI=1S/C14H17N3O3/c1-3-4-12(13(18)19)16-14(20)17(2)11-7-5-10(9-15)6-8-11/h5-8,12H,3-4H2,1-2H3,(H,16,20)(H,18,19)/t12-/m1/s1. The zero-order chi connectivity index (χ0) is 15.1. The van der Waals surface area contributed by atoms with Crippen molar-refractivity contribution in [2.24, 2.45) is 0 Å². The minimum absolute atomic E-state index is 0.377. The van der Waals surface area contributed by atoms with Crippen molar-refractivity contribution in [2.45, 2.75) is 25.8 Å². The predicted molar refractivity (Wildman–Crippen MR) is 74.4 cm³/mol. The highest BCUT2D eigenvalue weighted by atomic mass is 16.4. The summed E-state index contributed by atoms with van der Waals surface area (Å²) >= 11 is 0. The van der Waals surface area contributed by atoms with Crippen LogP contribution in [0.2, 0.25) is 0 Å². The molecule has 106 valence electrons. The van der Waals surface area contributed by atoms with Crippen LogP contribution in [0.3, 0.4) is 0 Å². The van der Waals surface area contributed by atoms with Gasteiger partial charge in [0.2, 0.25) is 0 Å². The molecule has 0 fully saturated rings. The monoisotopic (exact) mass is 275 g/mol. The van der Waals surface area contributed by atoms with Crippen LogP contribution in [0.5, 0.6) is 0 Å². The number of hydrogen-bond donors (Lipinski definition) is 2. The molecule has 0 bridgehead atoms. The smallest absolute Gasteiger partial charge is 0.326 e. The number of aliphatic carboxylic acids is 1. The summed E-state index contributed by atoms with van der Waals surface area (Å²) in [7, 11) is 1.54. The van der Waals surface area contributed by atoms with Crippen LogP contribution in [-0.2, 0) is 4.79 Å². The maximum atomic E-state index is 12.0. The molecule has 0 unspecified atom stereocenters. The quantitative estimate of drug-likeness (QED) is 0.858. The van der Waals surface area contributed by atoms with Crippen molar-refractivity contribution in [1.29, 1.82) is 5.26 Å². The van der Waals surface area contributed by atoms with Crippen molar-refractivity contribution < 1.29 is 14.7 Å². The second-order valence-corrected chi connectivity index (χ2v) is 4.35. The van der Waals surface area contributed by atoms with Crippen molar-refractivity contribution >= 4 is 17.7 Å². The molecule has 2 N–H and O–H groups in total. The fourth-order valence-electron chi connectivity index (χ4n) is 1.67. The van der Waals surface area contributed by atoms with Crippen molar-refractivity contribution in [3.05, 3.63) is 29.8 Å². The number of carboxylic acids is 1. The zero-order valence-corrected chi connectivity index (χ0v) is 11.5. The molecule has 0 radical (unpaired) electrons. The highest BCUT2D eigenvalue weighted by molar-refractivity contribution is 5.94. The van der Waals surface area contributed by atoms with Crippen LogP contribution in [0, 0.1) is 11.3 Å². The van der Waals surface area contributed by atoms with E-state index in [4.69, 9.17) is 10.4 Å². The molecule has 0 saturated carbocycles. The first-order chi connectivity index (χ1) is 9.49. The SMILES string of the molecule is CCC[C@@H](NC(=O)N(C)c1ccc(C#N)cc1)C(=O)O. The number of carboxylic acid groups (broad SMARTS) is 1. The van der Waals surface area contributed by atoms with Gasteiger partial charge in [-0.15, -0.1) is 0 Å². The number of amides is 2. The largest absolute Gasteiger partial charge is 0.480 e. The number of hydrogen-bond acceptors (Lipinski definition) is 3. The number of carbonyl (C=O) groups excluding carboxylic acids is 1. The molecule has 0 aromatic heterocycles. The van der Waals surface area contributed by atoms with Gasteiger partial charge in [-0.05, 0) is 30.7 Å². The Morgan fingerprint density at radius 3 is 2.45 bits per heavy atom. The maximum Gasteiger partial charge on any atom is 0.326 e. The van der Waals surface area contributed by atoms with E-state index in [9.17, 15) is 9.59 Å². The summed E-state index contributed by atoms with van der Waals surface area (Å²) in [5, 5.41) is 20.2. The summed E-state index contributed by atoms with van der Waals surface area (Å²) in [6, 6.07) is 7.06. The highest BCUT2D eigenvalue weighted by Gasteiger charge is 2.21. The van der Waals surface area contributed by atoms with Gasteiger partial charge < -0.3 is 10.4 Å². The summed E-state index contributed by atoms with van der Waals surface area (Å²) in [5.41, 5.74) is 1.08. The number of nitrogens with zero attached hydrogens (tertiary/aromatic N) is 2. The van der Waals surface area contributed by atoms with E-state index in [1.54, 1.807) is 31.3 Å². The zero-order valence-electron chi connectivity index (χ0n) is 11.5. The topological polar surface area (TPSA) is 93.4 Å². The first kappa shape index (κ1) is 15.5. The highest BCUT2D eigenvalue weighted by Crippen LogP contribution is 2.13. The molecule has 0 spiro atoms. The first-order valence-corrected chi connectivity index (χ1v) is 6.26. The van der Waals surface area contributed by atoms with Crippen LogP contribution in [0.1, 0.15) is 25.3 Å². The van der Waals surface area contributed by atoms with Crippen molar-refractivity contribution in [1.82, 2.24) is 5.32 Å². The molecule has 20 heavy (non-hydrogen) atoms. The molecule has 6 heteroatoms. The van der Waals surface area contributed by atoms with Gasteiger partial charge in [0.05, 0.1) is 11.6 Å². The van der Waals surface area contributed by atoms with E-state index in [0.717, 1.165) is 0 Å². The van der Waals surface area contributed by atoms with Gasteiger partial charge in [0, 0.05) is 12.7 Å². The summed E-state index contributed by atoms with van der Waals surface area (Å²) < 4.78 is 0. The molecule has 1 aromatic carbocycles. The Labute approximate surface area is 117 Å². The van der Waals surface area contributed by atoms with Crippen molar-refractivity contribution in [3.8, 4) is 6.07 Å². The van der Waals surface area contributed by atoms with Crippen molar-refractivity contribution in [2.75, 3.05) is 11.9 Å². The molecule has 1 atom stereocenters. The minimum atomic E-state index is -1.05. The maximum absolute atomic E-state index is 12.0. The number of nitrogens with one attached hydrogen (secondary N) is 1. The number of nitriles is 1. The molecule has 0 aliphatic carbocycles. The van der Waals surface area contributed by atoms with E-state index < -0.39 is 18.0 Å². The van der Waals surface area contributed by atoms with Crippen LogP contribution in [0.4, 0.5) is 10.5 Å². The Hall–Kier alpha value is -2.55. The van der Waals surface area contributed by atoms with Gasteiger partial charge in [-0.1, -0.05) is 13.3 Å². The van der Waals surface area contributed by atoms with E-state index in [2.05, 4.69) is 5.32 Å². The lowest BCUT2D eigenvalue weighted by molar-refractivity contribution is -0.139. The van der Waals surface area contributed by atoms with E-state index in [1.807, 2.05) is 13.0 Å². The van der Waals surface area contributed by atoms with Crippen molar-refractivity contribution in [3.63, 3.8) is 0 Å². The van der Waals surface area contributed by atoms with Crippen LogP contribution >= 0.6 is 0 Å². The number of rotatable bonds is 5. The Balaban J connectivity index is 2.75. The first-order valence-electron chi connectivity index (χ1n) is 6.26. The van der Waals surface area contributed by atoms with E-state index in [-0.39, 0.29) is 0 Å². The molecule has 1 rings (SSSR count). The average molecular weight is 275 g/mol. The Kier molecular flexibility index (Phi) is 5.54. The lowest BCUT2D eigenvalue weighted by atomic mass is 10.2. The van der Waals surface area contributed by atoms with Gasteiger partial charge in [-0.2, -0.15) is 5.26 Å². The normalized spacial score (nSPS) is 11.2. The van der Waals surface area contributed by atoms with Crippen LogP contribution < -0.4 is 10.2 Å². The predicted octanol–water partition coefficient (Wildman–Crippen LogP) is 1.96. The Bertz CT molecular complexity index is 519. The molecular formula is C14H17N3O3. The van der Waals surface area contributed by atoms with E-state index in [0.29, 0.717) is 24.1 Å². The molecule has 1 aromatic rings. The van der Waals surface area contributed by atoms with Crippen LogP contribution in [0.15, 0.2) is 24.3 Å². The fraction of sp³-hybridized carbons (Fsp3) is 0.357. The van der Waals surface area contributed by atoms with Gasteiger partial charge in [-0.25, -0.2) is 9.59 Å². The average Bonchev–Trinajstić information content (AvgIpc) is 2.45. The molecule has 2 amide bonds. The third-order valence-electron chi connectivity index (χ3n) is 2.86. The summed E-state index contributed by atoms with van der Waals surface area (Å²) in [6.45, 7) is 1.85. The summed E-state index contributed by atoms with van der Waals surface area (Å²) in [5.74, 6) is -1.05. The number of benzene rings is 1. The van der Waals surface area contributed by atoms with Crippen LogP contribution in [0.25, 0.3) is 0 Å². The second-order valence-electron chi connectivity index (χ2n) is 4.35. The van der Waals surface area contributed by atoms with Gasteiger partial charge in [0.1, 0.15) is 6.04 Å². The number of anilines is 1. The van der Waals surface area contributed by atoms with Gasteiger partial charge in [0.25, 0.3) is 0 Å². The lowest BCUT2D eigenvalue weighted by Gasteiger charge is -2.21. The Morgan fingerprint density at radius 2 is 2.00 bits per heavy atom. The Morgan fingerprint density at radius 1 is 1.40 bits per heavy atom. The third-order valence-corrected chi connectivity index (χ3v) is 2.86. The number of urea groups is 1. The van der Waals surface area contributed by atoms with Crippen LogP contribution in [-0.4, -0.2) is 30.2 Å². The third kappa shape index (κ3) is 3.99. The fourth-order valence-corrected chi connectivity index (χ4v) is 1.67. The molecule has 0 heterocycles. The van der Waals surface area contributed by atoms with E-state index >= 15 is 0 Å². The second kappa shape index (κ2) is 7.14. The van der Waals surface area contributed by atoms with E-state index in [1.165, 1.54) is 4.90 Å². The van der Waals surface area contributed by atoms with Gasteiger partial charge in [0.15, 0.2) is 0 Å². The van der Waals surface area contributed by atoms with Gasteiger partial charge in [-0.3, -0.25) is 4.90 Å². The molecule has 0 saturated heterocycles. The molecule has 0 aliphatic heterocycles. The molecular weight excluding hydrogens is 258 g/mol. The lowest BCUT2D eigenvalue weighted by Crippen LogP contribution is -2.46. The summed E-state index contributed by atoms with van der Waals surface area (Å²) in [4.78, 5) is 24.3. The summed E-state index contributed by atoms with van der Waals surface area (Å²) in [6.07, 6.45) is 1.04. The van der Waals surface area contributed by atoms with Gasteiger partial charge >= 0.3 is 12.0 Å². The molecule has 6 nitrogen and oxygen atoms in total.